The molecule has 3 saturated carbocycles. The summed E-state index contributed by atoms with van der Waals surface area (Å²) in [6.07, 6.45) is 8.97. The summed E-state index contributed by atoms with van der Waals surface area (Å²) in [6.45, 7) is 6.73. The molecule has 0 bridgehead atoms. The Balaban J connectivity index is 1.64. The molecule has 0 amide bonds. The Morgan fingerprint density at radius 2 is 1.90 bits per heavy atom. The Bertz CT molecular complexity index is 374. The molecule has 0 aromatic rings. The lowest BCUT2D eigenvalue weighted by molar-refractivity contribution is 0.178. The molecule has 1 unspecified atom stereocenters. The third-order valence-corrected chi connectivity index (χ3v) is 5.02. The number of nitrogens with one attached hydrogen (secondary N) is 1. The minimum Gasteiger partial charge on any atom is -0.297 e. The summed E-state index contributed by atoms with van der Waals surface area (Å²) in [5.74, 6) is 1.36. The van der Waals surface area contributed by atoms with Gasteiger partial charge in [0.25, 0.3) is 0 Å². The van der Waals surface area contributed by atoms with Crippen molar-refractivity contribution >= 4 is 0 Å². The van der Waals surface area contributed by atoms with Crippen molar-refractivity contribution in [3.05, 3.63) is 0 Å². The molecule has 3 fully saturated rings. The molecule has 0 saturated heterocycles. The van der Waals surface area contributed by atoms with Crippen LogP contribution in [0.25, 0.3) is 0 Å². The van der Waals surface area contributed by atoms with E-state index in [0.717, 1.165) is 18.5 Å². The van der Waals surface area contributed by atoms with Gasteiger partial charge in [-0.25, -0.2) is 0 Å². The van der Waals surface area contributed by atoms with Crippen molar-refractivity contribution in [3.63, 3.8) is 0 Å². The fraction of sp³-hybridized carbons (Fsp3) is 0.941. The molecule has 112 valence electrons. The van der Waals surface area contributed by atoms with E-state index in [4.69, 9.17) is 0 Å². The van der Waals surface area contributed by atoms with E-state index in [9.17, 15) is 5.26 Å². The van der Waals surface area contributed by atoms with Gasteiger partial charge in [0, 0.05) is 18.6 Å². The fourth-order valence-electron chi connectivity index (χ4n) is 3.19. The minimum absolute atomic E-state index is 0.249. The van der Waals surface area contributed by atoms with Gasteiger partial charge in [-0.3, -0.25) is 10.2 Å². The van der Waals surface area contributed by atoms with Gasteiger partial charge < -0.3 is 0 Å². The monoisotopic (exact) mass is 275 g/mol. The molecule has 0 heterocycles. The summed E-state index contributed by atoms with van der Waals surface area (Å²) in [7, 11) is 0. The molecule has 3 aliphatic carbocycles. The second-order valence-electron chi connectivity index (χ2n) is 7.66. The van der Waals surface area contributed by atoms with Crippen molar-refractivity contribution in [3.8, 4) is 6.07 Å². The van der Waals surface area contributed by atoms with E-state index in [0.29, 0.717) is 12.0 Å². The van der Waals surface area contributed by atoms with Crippen LogP contribution in [0.1, 0.15) is 58.8 Å². The normalized spacial score (nSPS) is 25.8. The van der Waals surface area contributed by atoms with Crippen LogP contribution in [0.5, 0.6) is 0 Å². The van der Waals surface area contributed by atoms with Gasteiger partial charge in [0.1, 0.15) is 5.54 Å². The highest BCUT2D eigenvalue weighted by atomic mass is 15.2. The van der Waals surface area contributed by atoms with Gasteiger partial charge in [-0.2, -0.15) is 5.26 Å². The van der Waals surface area contributed by atoms with Crippen molar-refractivity contribution in [2.45, 2.75) is 76.4 Å². The second-order valence-corrected chi connectivity index (χ2v) is 7.66. The third kappa shape index (κ3) is 3.54. The first kappa shape index (κ1) is 14.4. The summed E-state index contributed by atoms with van der Waals surface area (Å²) in [6, 6.07) is 4.09. The van der Waals surface area contributed by atoms with E-state index >= 15 is 0 Å². The van der Waals surface area contributed by atoms with E-state index in [1.165, 1.54) is 51.5 Å². The standard InChI is InChI=1S/C17H29N3/c1-13(2)9-10-20(16-7-8-16)12-17(11-18,14-3-4-14)19-15-5-6-15/h13-16,19H,3-10,12H2,1-2H3. The summed E-state index contributed by atoms with van der Waals surface area (Å²) in [5.41, 5.74) is -0.249. The molecule has 0 spiro atoms. The lowest BCUT2D eigenvalue weighted by Crippen LogP contribution is -2.56. The molecular formula is C17H29N3. The SMILES string of the molecule is CC(C)CCN(CC(C#N)(NC1CC1)C1CC1)C1CC1. The molecule has 0 aromatic heterocycles. The van der Waals surface area contributed by atoms with Crippen LogP contribution in [0.2, 0.25) is 0 Å². The number of rotatable bonds is 9. The maximum Gasteiger partial charge on any atom is 0.122 e. The Labute approximate surface area is 123 Å². The van der Waals surface area contributed by atoms with Crippen LogP contribution in [-0.4, -0.2) is 35.6 Å². The molecule has 3 aliphatic rings. The van der Waals surface area contributed by atoms with Crippen LogP contribution >= 0.6 is 0 Å². The summed E-state index contributed by atoms with van der Waals surface area (Å²) in [4.78, 5) is 2.62. The van der Waals surface area contributed by atoms with E-state index in [2.05, 4.69) is 30.1 Å². The van der Waals surface area contributed by atoms with Gasteiger partial charge in [0.15, 0.2) is 0 Å². The Kier molecular flexibility index (Phi) is 4.06. The molecule has 3 heteroatoms. The highest BCUT2D eigenvalue weighted by molar-refractivity contribution is 5.19. The first-order valence-corrected chi connectivity index (χ1v) is 8.56. The van der Waals surface area contributed by atoms with Crippen molar-refractivity contribution in [2.24, 2.45) is 11.8 Å². The highest BCUT2D eigenvalue weighted by Gasteiger charge is 2.50. The van der Waals surface area contributed by atoms with Crippen molar-refractivity contribution in [1.29, 1.82) is 5.26 Å². The maximum absolute atomic E-state index is 9.85. The first-order chi connectivity index (χ1) is 9.63. The van der Waals surface area contributed by atoms with Crippen LogP contribution in [-0.2, 0) is 0 Å². The quantitative estimate of drug-likeness (QED) is 0.703. The molecule has 0 aliphatic heterocycles. The molecule has 3 rings (SSSR count). The van der Waals surface area contributed by atoms with Crippen molar-refractivity contribution < 1.29 is 0 Å². The number of hydrogen-bond donors (Lipinski definition) is 1. The first-order valence-electron chi connectivity index (χ1n) is 8.56. The average Bonchev–Trinajstić information content (AvgIpc) is 3.29. The summed E-state index contributed by atoms with van der Waals surface area (Å²) < 4.78 is 0. The molecule has 1 N–H and O–H groups in total. The van der Waals surface area contributed by atoms with E-state index < -0.39 is 0 Å². The highest BCUT2D eigenvalue weighted by Crippen LogP contribution is 2.43. The van der Waals surface area contributed by atoms with Gasteiger partial charge in [0.05, 0.1) is 6.07 Å². The van der Waals surface area contributed by atoms with Gasteiger partial charge in [-0.15, -0.1) is 0 Å². The average molecular weight is 275 g/mol. The van der Waals surface area contributed by atoms with Crippen LogP contribution in [0, 0.1) is 23.2 Å². The second kappa shape index (κ2) is 5.66. The molecule has 20 heavy (non-hydrogen) atoms. The fourth-order valence-corrected chi connectivity index (χ4v) is 3.19. The van der Waals surface area contributed by atoms with E-state index in [1.54, 1.807) is 0 Å². The van der Waals surface area contributed by atoms with Crippen LogP contribution in [0.3, 0.4) is 0 Å². The molecule has 0 aromatic carbocycles. The Hall–Kier alpha value is -0.590. The van der Waals surface area contributed by atoms with E-state index in [1.807, 2.05) is 0 Å². The predicted octanol–water partition coefficient (Wildman–Crippen LogP) is 2.92. The van der Waals surface area contributed by atoms with Crippen LogP contribution in [0.15, 0.2) is 0 Å². The van der Waals surface area contributed by atoms with Gasteiger partial charge >= 0.3 is 0 Å². The smallest absolute Gasteiger partial charge is 0.122 e. The molecule has 0 radical (unpaired) electrons. The number of nitriles is 1. The summed E-state index contributed by atoms with van der Waals surface area (Å²) >= 11 is 0. The van der Waals surface area contributed by atoms with Crippen LogP contribution in [0.4, 0.5) is 0 Å². The third-order valence-electron chi connectivity index (χ3n) is 5.02. The zero-order chi connectivity index (χ0) is 14.2. The van der Waals surface area contributed by atoms with Gasteiger partial charge in [-0.05, 0) is 63.3 Å². The molecule has 3 nitrogen and oxygen atoms in total. The Morgan fingerprint density at radius 3 is 2.35 bits per heavy atom. The van der Waals surface area contributed by atoms with Gasteiger partial charge in [0.2, 0.25) is 0 Å². The van der Waals surface area contributed by atoms with Crippen LogP contribution < -0.4 is 5.32 Å². The Morgan fingerprint density at radius 1 is 1.20 bits per heavy atom. The largest absolute Gasteiger partial charge is 0.297 e. The lowest BCUT2D eigenvalue weighted by atomic mass is 9.93. The zero-order valence-corrected chi connectivity index (χ0v) is 13.1. The predicted molar refractivity (Wildman–Crippen MR) is 81.3 cm³/mol. The summed E-state index contributed by atoms with van der Waals surface area (Å²) in [5, 5.41) is 13.6. The van der Waals surface area contributed by atoms with Crippen molar-refractivity contribution in [1.82, 2.24) is 10.2 Å². The lowest BCUT2D eigenvalue weighted by Gasteiger charge is -2.35. The molecule has 1 atom stereocenters. The zero-order valence-electron chi connectivity index (χ0n) is 13.1. The van der Waals surface area contributed by atoms with E-state index in [-0.39, 0.29) is 5.54 Å². The maximum atomic E-state index is 9.85. The number of nitrogens with zero attached hydrogens (tertiary/aromatic N) is 2. The number of hydrogen-bond acceptors (Lipinski definition) is 3. The molecular weight excluding hydrogens is 246 g/mol. The van der Waals surface area contributed by atoms with Gasteiger partial charge in [-0.1, -0.05) is 13.8 Å². The minimum atomic E-state index is -0.249. The van der Waals surface area contributed by atoms with Crippen molar-refractivity contribution in [2.75, 3.05) is 13.1 Å². The topological polar surface area (TPSA) is 39.1 Å².